The van der Waals surface area contributed by atoms with E-state index < -0.39 is 10.8 Å². The van der Waals surface area contributed by atoms with Crippen LogP contribution in [0.25, 0.3) is 0 Å². The van der Waals surface area contributed by atoms with Gasteiger partial charge in [0.2, 0.25) is 0 Å². The lowest BCUT2D eigenvalue weighted by molar-refractivity contribution is 0.675. The van der Waals surface area contributed by atoms with Crippen LogP contribution in [0.5, 0.6) is 0 Å². The van der Waals surface area contributed by atoms with Gasteiger partial charge in [0.15, 0.2) is 0 Å². The van der Waals surface area contributed by atoms with Crippen molar-refractivity contribution in [3.63, 3.8) is 0 Å². The van der Waals surface area contributed by atoms with Crippen LogP contribution in [0.15, 0.2) is 34.4 Å². The van der Waals surface area contributed by atoms with Crippen LogP contribution in [0, 0.1) is 0 Å². The van der Waals surface area contributed by atoms with Gasteiger partial charge in [-0.2, -0.15) is 0 Å². The number of isothiocyanates is 1. The lowest BCUT2D eigenvalue weighted by Gasteiger charge is -1.99. The Kier molecular flexibility index (Phi) is 6.00. The van der Waals surface area contributed by atoms with E-state index in [0.717, 1.165) is 12.8 Å². The molecule has 1 heterocycles. The molecule has 0 spiro atoms. The Labute approximate surface area is 97.1 Å². The average Bonchev–Trinajstić information content (AvgIpc) is 2.30. The van der Waals surface area contributed by atoms with Gasteiger partial charge in [-0.15, -0.1) is 0 Å². The van der Waals surface area contributed by atoms with E-state index in [-0.39, 0.29) is 0 Å². The fourth-order valence-corrected chi connectivity index (χ4v) is 2.23. The number of hydrogen-bond donors (Lipinski definition) is 0. The molecule has 0 aliphatic heterocycles. The van der Waals surface area contributed by atoms with Crippen molar-refractivity contribution in [3.05, 3.63) is 24.4 Å². The molecule has 1 rings (SSSR count). The number of thiocarbonyl (C=S) groups is 1. The van der Waals surface area contributed by atoms with Gasteiger partial charge in [-0.05, 0) is 37.2 Å². The second-order valence-electron chi connectivity index (χ2n) is 2.90. The zero-order valence-electron chi connectivity index (χ0n) is 8.26. The molecule has 0 fully saturated rings. The highest BCUT2D eigenvalue weighted by Gasteiger charge is 2.03. The van der Waals surface area contributed by atoms with E-state index in [2.05, 4.69) is 27.4 Å². The molecule has 0 saturated carbocycles. The molecule has 0 aliphatic carbocycles. The van der Waals surface area contributed by atoms with Crippen LogP contribution in [0.2, 0.25) is 0 Å². The molecule has 0 aliphatic rings. The summed E-state index contributed by atoms with van der Waals surface area (Å²) in [7, 11) is -0.988. The van der Waals surface area contributed by atoms with Crippen LogP contribution >= 0.6 is 12.2 Å². The molecule has 0 N–H and O–H groups in total. The Morgan fingerprint density at radius 2 is 2.33 bits per heavy atom. The summed E-state index contributed by atoms with van der Waals surface area (Å²) in [6.07, 6.45) is 3.41. The molecule has 1 unspecified atom stereocenters. The smallest absolute Gasteiger partial charge is 0.127 e. The van der Waals surface area contributed by atoms with Crippen molar-refractivity contribution in [3.8, 4) is 0 Å². The van der Waals surface area contributed by atoms with Crippen molar-refractivity contribution >= 4 is 28.2 Å². The Morgan fingerprint density at radius 3 is 3.00 bits per heavy atom. The molecule has 15 heavy (non-hydrogen) atoms. The number of aromatic nitrogens is 1. The molecule has 3 nitrogen and oxygen atoms in total. The van der Waals surface area contributed by atoms with E-state index in [1.165, 1.54) is 0 Å². The monoisotopic (exact) mass is 240 g/mol. The van der Waals surface area contributed by atoms with Gasteiger partial charge in [-0.3, -0.25) is 4.21 Å². The van der Waals surface area contributed by atoms with Gasteiger partial charge in [-0.1, -0.05) is 6.07 Å². The molecule has 1 aromatic rings. The molecule has 0 radical (unpaired) electrons. The highest BCUT2D eigenvalue weighted by Crippen LogP contribution is 2.03. The molecular weight excluding hydrogens is 228 g/mol. The third kappa shape index (κ3) is 4.93. The number of hydrogen-bond acceptors (Lipinski definition) is 4. The van der Waals surface area contributed by atoms with Gasteiger partial charge < -0.3 is 0 Å². The highest BCUT2D eigenvalue weighted by atomic mass is 32.2. The molecule has 5 heteroatoms. The van der Waals surface area contributed by atoms with Gasteiger partial charge in [0.05, 0.1) is 16.0 Å². The predicted octanol–water partition coefficient (Wildman–Crippen LogP) is 2.07. The van der Waals surface area contributed by atoms with E-state index in [1.54, 1.807) is 12.3 Å². The summed E-state index contributed by atoms with van der Waals surface area (Å²) in [5.74, 6) is 0.629. The minimum Gasteiger partial charge on any atom is -0.253 e. The summed E-state index contributed by atoms with van der Waals surface area (Å²) in [6, 6.07) is 5.44. The zero-order valence-corrected chi connectivity index (χ0v) is 9.89. The Balaban J connectivity index is 2.28. The Morgan fingerprint density at radius 1 is 1.47 bits per heavy atom. The summed E-state index contributed by atoms with van der Waals surface area (Å²) in [6.45, 7) is 0.670. The molecular formula is C10H12N2OS2. The number of rotatable bonds is 6. The third-order valence-electron chi connectivity index (χ3n) is 1.79. The minimum absolute atomic E-state index is 0.629. The molecule has 1 atom stereocenters. The topological polar surface area (TPSA) is 42.3 Å². The first kappa shape index (κ1) is 12.2. The normalized spacial score (nSPS) is 11.7. The van der Waals surface area contributed by atoms with E-state index in [0.29, 0.717) is 17.3 Å². The van der Waals surface area contributed by atoms with Crippen LogP contribution < -0.4 is 0 Å². The summed E-state index contributed by atoms with van der Waals surface area (Å²) in [4.78, 5) is 7.83. The maximum atomic E-state index is 11.7. The Bertz CT molecular complexity index is 361. The average molecular weight is 240 g/mol. The predicted molar refractivity (Wildman–Crippen MR) is 64.6 cm³/mol. The van der Waals surface area contributed by atoms with E-state index in [9.17, 15) is 4.21 Å². The van der Waals surface area contributed by atoms with Gasteiger partial charge in [0, 0.05) is 18.5 Å². The molecule has 80 valence electrons. The largest absolute Gasteiger partial charge is 0.253 e. The third-order valence-corrected chi connectivity index (χ3v) is 3.28. The quantitative estimate of drug-likeness (QED) is 0.434. The van der Waals surface area contributed by atoms with Crippen molar-refractivity contribution in [1.29, 1.82) is 0 Å². The lowest BCUT2D eigenvalue weighted by atomic mass is 10.3. The second-order valence-corrected chi connectivity index (χ2v) is 4.60. The van der Waals surface area contributed by atoms with Crippen molar-refractivity contribution < 1.29 is 4.21 Å². The fraction of sp³-hybridized carbons (Fsp3) is 0.400. The second kappa shape index (κ2) is 7.40. The van der Waals surface area contributed by atoms with Gasteiger partial charge in [0.25, 0.3) is 0 Å². The van der Waals surface area contributed by atoms with Crippen LogP contribution in [0.3, 0.4) is 0 Å². The maximum Gasteiger partial charge on any atom is 0.127 e. The molecule has 0 bridgehead atoms. The number of unbranched alkanes of at least 4 members (excludes halogenated alkanes) is 1. The minimum atomic E-state index is -0.988. The van der Waals surface area contributed by atoms with Gasteiger partial charge in [-0.25, -0.2) is 9.98 Å². The molecule has 0 aromatic carbocycles. The first-order valence-corrected chi connectivity index (χ1v) is 6.40. The van der Waals surface area contributed by atoms with Crippen molar-refractivity contribution in [2.75, 3.05) is 12.3 Å². The Hall–Kier alpha value is -0.900. The first-order valence-electron chi connectivity index (χ1n) is 4.67. The maximum absolute atomic E-state index is 11.7. The zero-order chi connectivity index (χ0) is 10.9. The van der Waals surface area contributed by atoms with Gasteiger partial charge in [0.1, 0.15) is 5.03 Å². The highest BCUT2D eigenvalue weighted by molar-refractivity contribution is 7.84. The number of pyridine rings is 1. The summed E-state index contributed by atoms with van der Waals surface area (Å²) in [5.41, 5.74) is 0. The van der Waals surface area contributed by atoms with E-state index in [4.69, 9.17) is 0 Å². The molecule has 1 aromatic heterocycles. The SMILES string of the molecule is O=S(CCCCN=C=S)c1ccccn1. The summed E-state index contributed by atoms with van der Waals surface area (Å²) < 4.78 is 11.7. The van der Waals surface area contributed by atoms with E-state index in [1.807, 2.05) is 12.1 Å². The summed E-state index contributed by atoms with van der Waals surface area (Å²) in [5, 5.41) is 2.96. The number of nitrogens with zero attached hydrogens (tertiary/aromatic N) is 2. The van der Waals surface area contributed by atoms with E-state index >= 15 is 0 Å². The van der Waals surface area contributed by atoms with Crippen molar-refractivity contribution in [2.45, 2.75) is 17.9 Å². The molecule has 0 saturated heterocycles. The first-order chi connectivity index (χ1) is 7.34. The lowest BCUT2D eigenvalue weighted by Crippen LogP contribution is -2.00. The van der Waals surface area contributed by atoms with Gasteiger partial charge >= 0.3 is 0 Å². The van der Waals surface area contributed by atoms with Crippen molar-refractivity contribution in [1.82, 2.24) is 4.98 Å². The van der Waals surface area contributed by atoms with Crippen LogP contribution in [0.1, 0.15) is 12.8 Å². The van der Waals surface area contributed by atoms with Crippen LogP contribution in [0.4, 0.5) is 0 Å². The fourth-order valence-electron chi connectivity index (χ4n) is 1.06. The van der Waals surface area contributed by atoms with Crippen molar-refractivity contribution in [2.24, 2.45) is 4.99 Å². The summed E-state index contributed by atoms with van der Waals surface area (Å²) >= 11 is 4.44. The standard InChI is InChI=1S/C10H12N2OS2/c13-15(8-4-3-6-11-9-14)10-5-1-2-7-12-10/h1-2,5,7H,3-4,6,8H2. The van der Waals surface area contributed by atoms with Crippen LogP contribution in [-0.2, 0) is 10.8 Å². The van der Waals surface area contributed by atoms with Crippen LogP contribution in [-0.4, -0.2) is 26.7 Å². The molecule has 0 amide bonds. The number of aliphatic imine (C=N–C) groups is 1.